The van der Waals surface area contributed by atoms with Crippen molar-refractivity contribution in [3.05, 3.63) is 34.1 Å². The molecule has 0 bridgehead atoms. The minimum atomic E-state index is -0.937. The van der Waals surface area contributed by atoms with E-state index < -0.39 is 35.7 Å². The number of carbonyl (C=O) groups excluding carboxylic acids is 4. The molecule has 1 saturated heterocycles. The molecule has 0 aromatic heterocycles. The van der Waals surface area contributed by atoms with E-state index in [1.165, 1.54) is 20.0 Å². The number of anilines is 2. The smallest absolute Gasteiger partial charge is 0.416 e. The molecule has 1 unspecified atom stereocenters. The van der Waals surface area contributed by atoms with Crippen LogP contribution in [-0.4, -0.2) is 48.4 Å². The van der Waals surface area contributed by atoms with Gasteiger partial charge >= 0.3 is 6.09 Å². The van der Waals surface area contributed by atoms with Gasteiger partial charge in [-0.25, -0.2) is 19.0 Å². The fraction of sp³-hybridized carbons (Fsp3) is 0.400. The maximum atomic E-state index is 14.6. The van der Waals surface area contributed by atoms with Crippen LogP contribution < -0.4 is 10.2 Å². The number of carbonyl (C=O) groups is 4. The second-order valence-electron chi connectivity index (χ2n) is 6.94. The molecule has 1 N–H and O–H groups in total. The van der Waals surface area contributed by atoms with Gasteiger partial charge < -0.3 is 10.1 Å². The first-order chi connectivity index (χ1) is 14.0. The predicted molar refractivity (Wildman–Crippen MR) is 110 cm³/mol. The molecule has 1 heterocycles. The van der Waals surface area contributed by atoms with Crippen LogP contribution in [-0.2, 0) is 19.1 Å². The van der Waals surface area contributed by atoms with Gasteiger partial charge in [0.25, 0.3) is 11.8 Å². The van der Waals surface area contributed by atoms with Crippen LogP contribution in [0.1, 0.15) is 34.1 Å². The molecule has 0 saturated carbocycles. The summed E-state index contributed by atoms with van der Waals surface area (Å²) in [4.78, 5) is 50.6. The summed E-state index contributed by atoms with van der Waals surface area (Å²) >= 11 is 6.08. The van der Waals surface area contributed by atoms with Gasteiger partial charge in [0.15, 0.2) is 0 Å². The Morgan fingerprint density at radius 3 is 2.50 bits per heavy atom. The van der Waals surface area contributed by atoms with Gasteiger partial charge in [-0.2, -0.15) is 0 Å². The number of imide groups is 2. The van der Waals surface area contributed by atoms with E-state index >= 15 is 0 Å². The van der Waals surface area contributed by atoms with E-state index in [9.17, 15) is 23.6 Å². The standard InChI is InChI=1S/C20H23ClFN3O5/c1-6-30-20(29)24(5)18(27)11(4)23-15-9-16(14(22)8-13(15)21)25-17(26)7-12(10(2)3)19(25)28/h8-9,11,23H,6-7H2,1-5H3. The van der Waals surface area contributed by atoms with Crippen molar-refractivity contribution in [2.24, 2.45) is 0 Å². The number of hydrogen-bond acceptors (Lipinski definition) is 6. The summed E-state index contributed by atoms with van der Waals surface area (Å²) < 4.78 is 19.3. The van der Waals surface area contributed by atoms with E-state index in [-0.39, 0.29) is 29.4 Å². The second kappa shape index (κ2) is 9.25. The molecule has 30 heavy (non-hydrogen) atoms. The monoisotopic (exact) mass is 439 g/mol. The molecule has 8 nitrogen and oxygen atoms in total. The molecule has 4 amide bonds. The lowest BCUT2D eigenvalue weighted by atomic mass is 10.1. The van der Waals surface area contributed by atoms with Gasteiger partial charge in [-0.1, -0.05) is 17.2 Å². The van der Waals surface area contributed by atoms with E-state index in [2.05, 4.69) is 5.32 Å². The largest absolute Gasteiger partial charge is 0.449 e. The maximum Gasteiger partial charge on any atom is 0.416 e. The summed E-state index contributed by atoms with van der Waals surface area (Å²) in [5.41, 5.74) is 0.831. The highest BCUT2D eigenvalue weighted by Gasteiger charge is 2.37. The van der Waals surface area contributed by atoms with Crippen LogP contribution in [0.25, 0.3) is 0 Å². The second-order valence-corrected chi connectivity index (χ2v) is 7.34. The zero-order valence-corrected chi connectivity index (χ0v) is 18.1. The topological polar surface area (TPSA) is 96.0 Å². The van der Waals surface area contributed by atoms with E-state index in [0.29, 0.717) is 11.1 Å². The molecule has 1 fully saturated rings. The van der Waals surface area contributed by atoms with Gasteiger partial charge in [0.2, 0.25) is 5.91 Å². The number of nitrogens with zero attached hydrogens (tertiary/aromatic N) is 2. The van der Waals surface area contributed by atoms with Crippen LogP contribution in [0, 0.1) is 5.82 Å². The van der Waals surface area contributed by atoms with Crippen LogP contribution in [0.2, 0.25) is 5.02 Å². The molecule has 1 aromatic rings. The number of nitrogens with one attached hydrogen (secondary N) is 1. The lowest BCUT2D eigenvalue weighted by Gasteiger charge is -2.22. The van der Waals surface area contributed by atoms with E-state index in [4.69, 9.17) is 16.3 Å². The number of halogens is 2. The molecular formula is C20H23ClFN3O5. The van der Waals surface area contributed by atoms with Gasteiger partial charge in [-0.15, -0.1) is 0 Å². The van der Waals surface area contributed by atoms with E-state index in [1.54, 1.807) is 20.8 Å². The quantitative estimate of drug-likeness (QED) is 0.557. The molecule has 0 spiro atoms. The first-order valence-corrected chi connectivity index (χ1v) is 9.60. The van der Waals surface area contributed by atoms with Gasteiger partial charge in [0, 0.05) is 12.6 Å². The molecule has 2 rings (SSSR count). The third kappa shape index (κ3) is 4.62. The van der Waals surface area contributed by atoms with Crippen molar-refractivity contribution >= 4 is 46.8 Å². The highest BCUT2D eigenvalue weighted by atomic mass is 35.5. The van der Waals surface area contributed by atoms with Gasteiger partial charge in [0.05, 0.1) is 29.4 Å². The van der Waals surface area contributed by atoms with Crippen molar-refractivity contribution in [2.75, 3.05) is 23.9 Å². The maximum absolute atomic E-state index is 14.6. The van der Waals surface area contributed by atoms with Crippen molar-refractivity contribution in [3.8, 4) is 0 Å². The minimum absolute atomic E-state index is 0.0591. The number of rotatable bonds is 5. The Labute approximate surface area is 178 Å². The summed E-state index contributed by atoms with van der Waals surface area (Å²) in [7, 11) is 1.26. The van der Waals surface area contributed by atoms with Crippen LogP contribution in [0.3, 0.4) is 0 Å². The number of ether oxygens (including phenoxy) is 1. The number of allylic oxidation sites excluding steroid dienone is 1. The zero-order valence-electron chi connectivity index (χ0n) is 17.3. The molecule has 0 radical (unpaired) electrons. The lowest BCUT2D eigenvalue weighted by molar-refractivity contribution is -0.128. The molecular weight excluding hydrogens is 417 g/mol. The molecule has 162 valence electrons. The van der Waals surface area contributed by atoms with Gasteiger partial charge in [0.1, 0.15) is 11.9 Å². The summed E-state index contributed by atoms with van der Waals surface area (Å²) in [6.45, 7) is 6.59. The first-order valence-electron chi connectivity index (χ1n) is 9.23. The SMILES string of the molecule is CCOC(=O)N(C)C(=O)C(C)Nc1cc(N2C(=O)CC(=C(C)C)C2=O)c(F)cc1Cl. The van der Waals surface area contributed by atoms with Crippen molar-refractivity contribution in [3.63, 3.8) is 0 Å². The summed E-state index contributed by atoms with van der Waals surface area (Å²) in [6.07, 6.45) is -0.935. The average Bonchev–Trinajstić information content (AvgIpc) is 2.97. The Bertz CT molecular complexity index is 943. The van der Waals surface area contributed by atoms with Crippen LogP contribution >= 0.6 is 11.6 Å². The molecule has 1 atom stereocenters. The minimum Gasteiger partial charge on any atom is -0.449 e. The third-order valence-electron chi connectivity index (χ3n) is 4.53. The predicted octanol–water partition coefficient (Wildman–Crippen LogP) is 3.49. The Morgan fingerprint density at radius 2 is 1.97 bits per heavy atom. The molecule has 1 aliphatic heterocycles. The number of amides is 4. The zero-order chi connectivity index (χ0) is 22.7. The van der Waals surface area contributed by atoms with Crippen molar-refractivity contribution in [1.82, 2.24) is 4.90 Å². The van der Waals surface area contributed by atoms with Crippen LogP contribution in [0.15, 0.2) is 23.3 Å². The molecule has 1 aromatic carbocycles. The average molecular weight is 440 g/mol. The molecule has 0 aliphatic carbocycles. The summed E-state index contributed by atoms with van der Waals surface area (Å²) in [6, 6.07) is 1.20. The van der Waals surface area contributed by atoms with E-state index in [0.717, 1.165) is 15.9 Å². The molecule has 10 heteroatoms. The van der Waals surface area contributed by atoms with Gasteiger partial charge in [-0.3, -0.25) is 14.4 Å². The van der Waals surface area contributed by atoms with Crippen LogP contribution in [0.4, 0.5) is 20.6 Å². The van der Waals surface area contributed by atoms with Crippen molar-refractivity contribution < 1.29 is 28.3 Å². The summed E-state index contributed by atoms with van der Waals surface area (Å²) in [5, 5.41) is 2.72. The van der Waals surface area contributed by atoms with Crippen molar-refractivity contribution in [2.45, 2.75) is 40.2 Å². The normalized spacial score (nSPS) is 14.6. The Kier molecular flexibility index (Phi) is 7.20. The van der Waals surface area contributed by atoms with Crippen molar-refractivity contribution in [1.29, 1.82) is 0 Å². The Balaban J connectivity index is 2.33. The Morgan fingerprint density at radius 1 is 1.33 bits per heavy atom. The van der Waals surface area contributed by atoms with E-state index in [1.807, 2.05) is 0 Å². The highest BCUT2D eigenvalue weighted by Crippen LogP contribution is 2.35. The number of hydrogen-bond donors (Lipinski definition) is 1. The Hall–Kier alpha value is -2.94. The van der Waals surface area contributed by atoms with Gasteiger partial charge in [-0.05, 0) is 39.8 Å². The first kappa shape index (κ1) is 23.3. The fourth-order valence-electron chi connectivity index (χ4n) is 2.90. The highest BCUT2D eigenvalue weighted by molar-refractivity contribution is 6.34. The number of benzene rings is 1. The number of likely N-dealkylation sites (N-methyl/N-ethyl adjacent to an activating group) is 1. The summed E-state index contributed by atoms with van der Waals surface area (Å²) in [5.74, 6) is -2.63. The molecule has 1 aliphatic rings. The fourth-order valence-corrected chi connectivity index (χ4v) is 3.11. The lowest BCUT2D eigenvalue weighted by Crippen LogP contribution is -2.42. The van der Waals surface area contributed by atoms with Crippen LogP contribution in [0.5, 0.6) is 0 Å². The third-order valence-corrected chi connectivity index (χ3v) is 4.85.